The summed E-state index contributed by atoms with van der Waals surface area (Å²) in [4.78, 5) is 19.7. The molecule has 0 aliphatic carbocycles. The Labute approximate surface area is 256 Å². The molecule has 0 fully saturated rings. The van der Waals surface area contributed by atoms with Gasteiger partial charge < -0.3 is 20.5 Å². The molecular weight excluding hydrogens is 548 g/mol. The number of benzene rings is 4. The lowest BCUT2D eigenvalue weighted by Gasteiger charge is -2.32. The van der Waals surface area contributed by atoms with Crippen LogP contribution in [0.25, 0.3) is 0 Å². The van der Waals surface area contributed by atoms with E-state index in [1.807, 2.05) is 121 Å². The van der Waals surface area contributed by atoms with Gasteiger partial charge in [-0.25, -0.2) is 4.79 Å². The van der Waals surface area contributed by atoms with E-state index in [1.165, 1.54) is 7.11 Å². The van der Waals surface area contributed by atoms with Crippen LogP contribution in [-0.2, 0) is 10.3 Å². The lowest BCUT2D eigenvalue weighted by atomic mass is 9.79. The zero-order chi connectivity index (χ0) is 30.6. The van der Waals surface area contributed by atoms with E-state index in [1.54, 1.807) is 36.9 Å². The number of aliphatic hydroxyl groups is 1. The van der Waals surface area contributed by atoms with Crippen molar-refractivity contribution in [1.82, 2.24) is 9.97 Å². The van der Waals surface area contributed by atoms with Crippen molar-refractivity contribution in [2.75, 3.05) is 17.7 Å². The number of carbonyl (C=O) groups is 1. The third-order valence-corrected chi connectivity index (χ3v) is 6.91. The second-order valence-corrected chi connectivity index (χ2v) is 9.76. The maximum atomic E-state index is 12.0. The summed E-state index contributed by atoms with van der Waals surface area (Å²) in [5, 5.41) is 18.5. The Balaban J connectivity index is 0.000000195. The Bertz CT molecular complexity index is 1730. The molecule has 4 aromatic carbocycles. The van der Waals surface area contributed by atoms with Crippen molar-refractivity contribution >= 4 is 28.7 Å². The minimum atomic E-state index is -1.28. The summed E-state index contributed by atoms with van der Waals surface area (Å²) in [6.07, 6.45) is 6.88. The van der Waals surface area contributed by atoms with Crippen molar-refractivity contribution in [3.8, 4) is 0 Å². The molecule has 6 rings (SSSR count). The summed E-state index contributed by atoms with van der Waals surface area (Å²) in [7, 11) is 1.36. The molecule has 3 N–H and O–H groups in total. The number of nitrogens with zero attached hydrogens (tertiary/aromatic N) is 2. The van der Waals surface area contributed by atoms with Crippen LogP contribution in [0.1, 0.15) is 27.0 Å². The second kappa shape index (κ2) is 14.4. The fourth-order valence-corrected chi connectivity index (χ4v) is 4.81. The number of carbonyl (C=O) groups excluding carboxylic acids is 1. The van der Waals surface area contributed by atoms with Crippen molar-refractivity contribution in [3.63, 3.8) is 0 Å². The highest BCUT2D eigenvalue weighted by Gasteiger charge is 2.35. The number of hydrogen-bond donors (Lipinski definition) is 3. The first-order valence-corrected chi connectivity index (χ1v) is 14.0. The van der Waals surface area contributed by atoms with Crippen molar-refractivity contribution in [3.05, 3.63) is 181 Å². The monoisotopic (exact) mass is 580 g/mol. The third kappa shape index (κ3) is 6.98. The van der Waals surface area contributed by atoms with Crippen LogP contribution in [0.2, 0.25) is 0 Å². The fourth-order valence-electron chi connectivity index (χ4n) is 4.81. The maximum absolute atomic E-state index is 12.0. The molecule has 2 heterocycles. The topological polar surface area (TPSA) is 96.4 Å². The van der Waals surface area contributed by atoms with Crippen molar-refractivity contribution in [2.24, 2.45) is 0 Å². The minimum absolute atomic E-state index is 0.364. The van der Waals surface area contributed by atoms with Gasteiger partial charge >= 0.3 is 5.97 Å². The molecule has 0 saturated heterocycles. The van der Waals surface area contributed by atoms with Crippen LogP contribution in [0.3, 0.4) is 0 Å². The Morgan fingerprint density at radius 3 is 1.61 bits per heavy atom. The van der Waals surface area contributed by atoms with Crippen LogP contribution in [0.15, 0.2) is 158 Å². The predicted octanol–water partition coefficient (Wildman–Crippen LogP) is 7.72. The number of aromatic nitrogens is 2. The number of rotatable bonds is 8. The fraction of sp³-hybridized carbons (Fsp3) is 0.0541. The van der Waals surface area contributed by atoms with Crippen molar-refractivity contribution in [2.45, 2.75) is 5.60 Å². The Kier molecular flexibility index (Phi) is 9.72. The number of ether oxygens (including phenoxy) is 1. The van der Waals surface area contributed by atoms with E-state index in [0.29, 0.717) is 11.3 Å². The molecule has 0 radical (unpaired) electrons. The molecule has 2 aromatic heterocycles. The number of anilines is 4. The zero-order valence-electron chi connectivity index (χ0n) is 24.2. The summed E-state index contributed by atoms with van der Waals surface area (Å²) >= 11 is 0. The van der Waals surface area contributed by atoms with Gasteiger partial charge in [0.2, 0.25) is 0 Å². The highest BCUT2D eigenvalue weighted by atomic mass is 16.5. The molecular formula is C37H32N4O3. The van der Waals surface area contributed by atoms with Gasteiger partial charge in [-0.2, -0.15) is 0 Å². The second-order valence-electron chi connectivity index (χ2n) is 9.76. The van der Waals surface area contributed by atoms with Crippen LogP contribution >= 0.6 is 0 Å². The molecule has 0 amide bonds. The largest absolute Gasteiger partial charge is 0.465 e. The molecule has 7 heteroatoms. The van der Waals surface area contributed by atoms with Crippen LogP contribution in [-0.4, -0.2) is 28.2 Å². The molecule has 0 unspecified atom stereocenters. The molecule has 0 saturated carbocycles. The van der Waals surface area contributed by atoms with E-state index in [4.69, 9.17) is 4.74 Å². The van der Waals surface area contributed by atoms with E-state index in [9.17, 15) is 9.90 Å². The van der Waals surface area contributed by atoms with Gasteiger partial charge in [0.05, 0.1) is 42.1 Å². The van der Waals surface area contributed by atoms with E-state index in [-0.39, 0.29) is 5.97 Å². The van der Waals surface area contributed by atoms with Crippen molar-refractivity contribution in [1.29, 1.82) is 0 Å². The number of methoxy groups -OCH3 is 1. The number of esters is 1. The number of pyridine rings is 2. The molecule has 0 aliphatic rings. The smallest absolute Gasteiger partial charge is 0.339 e. The van der Waals surface area contributed by atoms with Crippen LogP contribution in [0, 0.1) is 0 Å². The number of para-hydroxylation sites is 2. The first kappa shape index (κ1) is 29.7. The Morgan fingerprint density at radius 2 is 1.09 bits per heavy atom. The van der Waals surface area contributed by atoms with Crippen LogP contribution < -0.4 is 10.6 Å². The molecule has 0 aliphatic heterocycles. The van der Waals surface area contributed by atoms with Gasteiger partial charge in [0.1, 0.15) is 5.60 Å². The SMILES string of the molecule is COC(=O)c1ccccc1Nc1cccnc1.OC(c1ccccc1)(c1ccccc1)c1ccccc1Nc1cccnc1. The number of nitrogens with one attached hydrogen (secondary N) is 2. The summed E-state index contributed by atoms with van der Waals surface area (Å²) in [5.74, 6) is -0.364. The summed E-state index contributed by atoms with van der Waals surface area (Å²) < 4.78 is 4.72. The predicted molar refractivity (Wildman–Crippen MR) is 174 cm³/mol. The third-order valence-electron chi connectivity index (χ3n) is 6.91. The van der Waals surface area contributed by atoms with Gasteiger partial charge in [0, 0.05) is 23.6 Å². The van der Waals surface area contributed by atoms with Gasteiger partial charge in [-0.05, 0) is 53.6 Å². The quantitative estimate of drug-likeness (QED) is 0.125. The lowest BCUT2D eigenvalue weighted by molar-refractivity contribution is 0.0602. The van der Waals surface area contributed by atoms with Crippen LogP contribution in [0.4, 0.5) is 22.7 Å². The Hall–Kier alpha value is -5.79. The average molecular weight is 581 g/mol. The Morgan fingerprint density at radius 1 is 0.614 bits per heavy atom. The first-order chi connectivity index (χ1) is 21.6. The summed E-state index contributed by atoms with van der Waals surface area (Å²) in [6, 6.07) is 42.0. The van der Waals surface area contributed by atoms with Gasteiger partial charge in [-0.3, -0.25) is 9.97 Å². The molecule has 7 nitrogen and oxygen atoms in total. The van der Waals surface area contributed by atoms with E-state index >= 15 is 0 Å². The van der Waals surface area contributed by atoms with Gasteiger partial charge in [0.15, 0.2) is 0 Å². The van der Waals surface area contributed by atoms with E-state index < -0.39 is 5.60 Å². The molecule has 0 bridgehead atoms. The van der Waals surface area contributed by atoms with Crippen molar-refractivity contribution < 1.29 is 14.6 Å². The van der Waals surface area contributed by atoms with Gasteiger partial charge in [-0.15, -0.1) is 0 Å². The highest BCUT2D eigenvalue weighted by Crippen LogP contribution is 2.40. The minimum Gasteiger partial charge on any atom is -0.465 e. The van der Waals surface area contributed by atoms with Crippen LogP contribution in [0.5, 0.6) is 0 Å². The number of hydrogen-bond acceptors (Lipinski definition) is 7. The van der Waals surface area contributed by atoms with Gasteiger partial charge in [-0.1, -0.05) is 91.0 Å². The standard InChI is InChI=1S/C24H20N2O.C13H12N2O2/c27-24(19-10-3-1-4-11-19,20-12-5-2-6-13-20)22-15-7-8-16-23(22)26-21-14-9-17-25-18-21;1-17-13(16)11-6-2-3-7-12(11)15-10-5-4-8-14-9-10/h1-18,26-27H;2-9,15H,1H3. The summed E-state index contributed by atoms with van der Waals surface area (Å²) in [5.41, 5.74) is 4.86. The lowest BCUT2D eigenvalue weighted by Crippen LogP contribution is -2.29. The molecule has 0 spiro atoms. The maximum Gasteiger partial charge on any atom is 0.339 e. The molecule has 218 valence electrons. The zero-order valence-corrected chi connectivity index (χ0v) is 24.2. The normalized spacial score (nSPS) is 10.6. The van der Waals surface area contributed by atoms with E-state index in [2.05, 4.69) is 20.6 Å². The average Bonchev–Trinajstić information content (AvgIpc) is 3.10. The first-order valence-electron chi connectivity index (χ1n) is 14.0. The summed E-state index contributed by atoms with van der Waals surface area (Å²) in [6.45, 7) is 0. The molecule has 0 atom stereocenters. The van der Waals surface area contributed by atoms with Gasteiger partial charge in [0.25, 0.3) is 0 Å². The molecule has 6 aromatic rings. The highest BCUT2D eigenvalue weighted by molar-refractivity contribution is 5.96. The van der Waals surface area contributed by atoms with E-state index in [0.717, 1.165) is 33.8 Å². The molecule has 44 heavy (non-hydrogen) atoms.